The first-order chi connectivity index (χ1) is 7.72. The highest BCUT2D eigenvalue weighted by Gasteiger charge is 1.98. The van der Waals surface area contributed by atoms with Gasteiger partial charge in [-0.3, -0.25) is 9.48 Å². The normalized spacial score (nSPS) is 10.1. The van der Waals surface area contributed by atoms with Gasteiger partial charge in [0.2, 0.25) is 5.91 Å². The van der Waals surface area contributed by atoms with E-state index in [1.165, 1.54) is 0 Å². The van der Waals surface area contributed by atoms with Crippen LogP contribution in [0.2, 0.25) is 0 Å². The third kappa shape index (κ3) is 4.75. The number of carbonyl (C=O) groups is 1. The second-order valence-electron chi connectivity index (χ2n) is 3.55. The number of carbonyl (C=O) groups excluding carboxylic acids is 1. The lowest BCUT2D eigenvalue weighted by atomic mass is 10.4. The van der Waals surface area contributed by atoms with Crippen molar-refractivity contribution in [3.63, 3.8) is 0 Å². The molecule has 0 aromatic carbocycles. The summed E-state index contributed by atoms with van der Waals surface area (Å²) in [7, 11) is 0. The summed E-state index contributed by atoms with van der Waals surface area (Å²) in [5.74, 6) is -0.0171. The SMILES string of the molecule is C=CCNC(=O)CNCCn1cc(C)cn1. The van der Waals surface area contributed by atoms with Crippen molar-refractivity contribution in [3.8, 4) is 0 Å². The van der Waals surface area contributed by atoms with Gasteiger partial charge in [0, 0.05) is 19.3 Å². The average molecular weight is 222 g/mol. The summed E-state index contributed by atoms with van der Waals surface area (Å²) in [4.78, 5) is 11.2. The second-order valence-corrected chi connectivity index (χ2v) is 3.55. The van der Waals surface area contributed by atoms with Gasteiger partial charge in [-0.05, 0) is 12.5 Å². The van der Waals surface area contributed by atoms with Gasteiger partial charge in [0.15, 0.2) is 0 Å². The fraction of sp³-hybridized carbons (Fsp3) is 0.455. The van der Waals surface area contributed by atoms with Gasteiger partial charge < -0.3 is 10.6 Å². The number of aryl methyl sites for hydroxylation is 1. The number of hydrogen-bond acceptors (Lipinski definition) is 3. The fourth-order valence-electron chi connectivity index (χ4n) is 1.23. The molecule has 0 aliphatic carbocycles. The van der Waals surface area contributed by atoms with Crippen LogP contribution in [-0.4, -0.2) is 35.3 Å². The van der Waals surface area contributed by atoms with E-state index in [1.54, 1.807) is 6.08 Å². The Labute approximate surface area is 95.5 Å². The molecule has 0 radical (unpaired) electrons. The maximum absolute atomic E-state index is 11.2. The molecule has 1 aromatic rings. The quantitative estimate of drug-likeness (QED) is 0.507. The van der Waals surface area contributed by atoms with Gasteiger partial charge in [-0.2, -0.15) is 5.10 Å². The molecule has 2 N–H and O–H groups in total. The minimum Gasteiger partial charge on any atom is -0.352 e. The molecule has 16 heavy (non-hydrogen) atoms. The minimum absolute atomic E-state index is 0.0171. The first kappa shape index (κ1) is 12.4. The lowest BCUT2D eigenvalue weighted by molar-refractivity contribution is -0.120. The average Bonchev–Trinajstić information content (AvgIpc) is 2.67. The number of rotatable bonds is 7. The number of amides is 1. The molecule has 5 nitrogen and oxygen atoms in total. The van der Waals surface area contributed by atoms with Crippen LogP contribution in [0.4, 0.5) is 0 Å². The predicted octanol–water partition coefficient (Wildman–Crippen LogP) is 0.0833. The van der Waals surface area contributed by atoms with Crippen molar-refractivity contribution in [2.45, 2.75) is 13.5 Å². The molecule has 0 aliphatic rings. The third-order valence-corrected chi connectivity index (χ3v) is 2.01. The Hall–Kier alpha value is -1.62. The maximum atomic E-state index is 11.2. The van der Waals surface area contributed by atoms with Crippen molar-refractivity contribution < 1.29 is 4.79 Å². The fourth-order valence-corrected chi connectivity index (χ4v) is 1.23. The van der Waals surface area contributed by atoms with Gasteiger partial charge in [-0.25, -0.2) is 0 Å². The molecule has 0 bridgehead atoms. The van der Waals surface area contributed by atoms with Crippen molar-refractivity contribution in [3.05, 3.63) is 30.6 Å². The Morgan fingerprint density at radius 3 is 3.12 bits per heavy atom. The number of hydrogen-bond donors (Lipinski definition) is 2. The molecule has 0 aliphatic heterocycles. The molecule has 1 heterocycles. The van der Waals surface area contributed by atoms with Crippen LogP contribution in [0.15, 0.2) is 25.0 Å². The van der Waals surface area contributed by atoms with Crippen LogP contribution in [0, 0.1) is 6.92 Å². The van der Waals surface area contributed by atoms with Gasteiger partial charge >= 0.3 is 0 Å². The monoisotopic (exact) mass is 222 g/mol. The summed E-state index contributed by atoms with van der Waals surface area (Å²) < 4.78 is 1.85. The van der Waals surface area contributed by atoms with Gasteiger partial charge in [0.1, 0.15) is 0 Å². The highest BCUT2D eigenvalue weighted by atomic mass is 16.1. The molecule has 1 amide bonds. The molecule has 0 spiro atoms. The van der Waals surface area contributed by atoms with E-state index in [2.05, 4.69) is 22.3 Å². The van der Waals surface area contributed by atoms with Gasteiger partial charge in [0.05, 0.1) is 19.3 Å². The molecule has 5 heteroatoms. The van der Waals surface area contributed by atoms with Crippen molar-refractivity contribution in [2.75, 3.05) is 19.6 Å². The maximum Gasteiger partial charge on any atom is 0.234 e. The van der Waals surface area contributed by atoms with Gasteiger partial charge in [-0.15, -0.1) is 6.58 Å². The van der Waals surface area contributed by atoms with Crippen LogP contribution in [0.5, 0.6) is 0 Å². The van der Waals surface area contributed by atoms with E-state index < -0.39 is 0 Å². The number of nitrogens with one attached hydrogen (secondary N) is 2. The smallest absolute Gasteiger partial charge is 0.234 e. The van der Waals surface area contributed by atoms with Crippen LogP contribution in [-0.2, 0) is 11.3 Å². The van der Waals surface area contributed by atoms with Crippen LogP contribution >= 0.6 is 0 Å². The largest absolute Gasteiger partial charge is 0.352 e. The predicted molar refractivity (Wildman–Crippen MR) is 63.0 cm³/mol. The molecule has 0 atom stereocenters. The van der Waals surface area contributed by atoms with Gasteiger partial charge in [-0.1, -0.05) is 6.08 Å². The zero-order valence-corrected chi connectivity index (χ0v) is 9.57. The van der Waals surface area contributed by atoms with E-state index >= 15 is 0 Å². The summed E-state index contributed by atoms with van der Waals surface area (Å²) >= 11 is 0. The highest BCUT2D eigenvalue weighted by Crippen LogP contribution is 1.92. The molecule has 0 saturated heterocycles. The lowest BCUT2D eigenvalue weighted by Crippen LogP contribution is -2.35. The minimum atomic E-state index is -0.0171. The highest BCUT2D eigenvalue weighted by molar-refractivity contribution is 5.78. The summed E-state index contributed by atoms with van der Waals surface area (Å²) in [6.07, 6.45) is 5.45. The molecule has 0 fully saturated rings. The second kappa shape index (κ2) is 6.79. The molecule has 88 valence electrons. The van der Waals surface area contributed by atoms with E-state index in [1.807, 2.05) is 24.0 Å². The van der Waals surface area contributed by atoms with Crippen LogP contribution in [0.3, 0.4) is 0 Å². The van der Waals surface area contributed by atoms with Crippen molar-refractivity contribution in [1.29, 1.82) is 0 Å². The van der Waals surface area contributed by atoms with Crippen LogP contribution in [0.25, 0.3) is 0 Å². The van der Waals surface area contributed by atoms with Crippen molar-refractivity contribution in [1.82, 2.24) is 20.4 Å². The van der Waals surface area contributed by atoms with Crippen LogP contribution in [0.1, 0.15) is 5.56 Å². The van der Waals surface area contributed by atoms with E-state index in [9.17, 15) is 4.79 Å². The summed E-state index contributed by atoms with van der Waals surface area (Å²) in [6, 6.07) is 0. The Bertz CT molecular complexity index is 346. The third-order valence-electron chi connectivity index (χ3n) is 2.01. The van der Waals surface area contributed by atoms with Crippen molar-refractivity contribution >= 4 is 5.91 Å². The zero-order chi connectivity index (χ0) is 11.8. The van der Waals surface area contributed by atoms with E-state index in [0.717, 1.165) is 18.7 Å². The first-order valence-electron chi connectivity index (χ1n) is 5.29. The summed E-state index contributed by atoms with van der Waals surface area (Å²) in [5.41, 5.74) is 1.14. The first-order valence-corrected chi connectivity index (χ1v) is 5.29. The molecule has 0 saturated carbocycles. The Balaban J connectivity index is 2.07. The van der Waals surface area contributed by atoms with E-state index in [4.69, 9.17) is 0 Å². The molecular formula is C11H18N4O. The van der Waals surface area contributed by atoms with E-state index in [-0.39, 0.29) is 5.91 Å². The number of nitrogens with zero attached hydrogens (tertiary/aromatic N) is 2. The molecule has 1 rings (SSSR count). The molecular weight excluding hydrogens is 204 g/mol. The van der Waals surface area contributed by atoms with Crippen molar-refractivity contribution in [2.24, 2.45) is 0 Å². The lowest BCUT2D eigenvalue weighted by Gasteiger charge is -2.05. The molecule has 0 unspecified atom stereocenters. The topological polar surface area (TPSA) is 59.0 Å². The number of aromatic nitrogens is 2. The Morgan fingerprint density at radius 1 is 1.69 bits per heavy atom. The molecule has 1 aromatic heterocycles. The summed E-state index contributed by atoms with van der Waals surface area (Å²) in [5, 5.41) is 9.88. The van der Waals surface area contributed by atoms with Crippen LogP contribution < -0.4 is 10.6 Å². The Kier molecular flexibility index (Phi) is 5.28. The standard InChI is InChI=1S/C11H18N4O/c1-3-4-13-11(16)8-12-5-6-15-9-10(2)7-14-15/h3,7,9,12H,1,4-6,8H2,2H3,(H,13,16). The van der Waals surface area contributed by atoms with E-state index in [0.29, 0.717) is 13.1 Å². The summed E-state index contributed by atoms with van der Waals surface area (Å²) in [6.45, 7) is 7.86. The Morgan fingerprint density at radius 2 is 2.50 bits per heavy atom. The van der Waals surface area contributed by atoms with Gasteiger partial charge in [0.25, 0.3) is 0 Å². The zero-order valence-electron chi connectivity index (χ0n) is 9.57.